The van der Waals surface area contributed by atoms with Crippen LogP contribution in [0, 0.1) is 0 Å². The highest BCUT2D eigenvalue weighted by Crippen LogP contribution is 2.18. The Hall–Kier alpha value is -1.72. The van der Waals surface area contributed by atoms with Gasteiger partial charge in [-0.2, -0.15) is 5.10 Å². The van der Waals surface area contributed by atoms with Crippen LogP contribution in [-0.2, 0) is 7.05 Å². The summed E-state index contributed by atoms with van der Waals surface area (Å²) in [5, 5.41) is 9.66. The van der Waals surface area contributed by atoms with Gasteiger partial charge >= 0.3 is 6.03 Å². The second kappa shape index (κ2) is 5.07. The third-order valence-corrected chi connectivity index (χ3v) is 3.14. The van der Waals surface area contributed by atoms with Gasteiger partial charge in [-0.1, -0.05) is 19.3 Å². The summed E-state index contributed by atoms with van der Waals surface area (Å²) < 4.78 is 1.55. The lowest BCUT2D eigenvalue weighted by Gasteiger charge is -2.22. The molecule has 1 fully saturated rings. The van der Waals surface area contributed by atoms with Gasteiger partial charge in [0.2, 0.25) is 0 Å². The van der Waals surface area contributed by atoms with Crippen LogP contribution in [0.5, 0.6) is 0 Å². The number of rotatable bonds is 2. The highest BCUT2D eigenvalue weighted by Gasteiger charge is 2.16. The molecule has 94 valence electrons. The van der Waals surface area contributed by atoms with Gasteiger partial charge in [0.1, 0.15) is 0 Å². The lowest BCUT2D eigenvalue weighted by Crippen LogP contribution is -2.39. The molecule has 1 heterocycles. The van der Waals surface area contributed by atoms with Crippen LogP contribution in [0.3, 0.4) is 0 Å². The van der Waals surface area contributed by atoms with Crippen LogP contribution in [0.4, 0.5) is 16.3 Å². The van der Waals surface area contributed by atoms with E-state index in [-0.39, 0.29) is 6.03 Å². The first-order chi connectivity index (χ1) is 8.16. The highest BCUT2D eigenvalue weighted by atomic mass is 16.2. The number of nitrogens with one attached hydrogen (secondary N) is 2. The lowest BCUT2D eigenvalue weighted by molar-refractivity contribution is 0.244. The largest absolute Gasteiger partial charge is 0.394 e. The molecule has 2 amide bonds. The molecule has 1 aromatic rings. The van der Waals surface area contributed by atoms with Gasteiger partial charge in [-0.25, -0.2) is 4.79 Å². The predicted molar refractivity (Wildman–Crippen MR) is 66.6 cm³/mol. The first-order valence-electron chi connectivity index (χ1n) is 6.02. The van der Waals surface area contributed by atoms with E-state index in [1.54, 1.807) is 11.7 Å². The van der Waals surface area contributed by atoms with Crippen LogP contribution >= 0.6 is 0 Å². The van der Waals surface area contributed by atoms with E-state index in [0.717, 1.165) is 12.8 Å². The Labute approximate surface area is 101 Å². The maximum atomic E-state index is 11.8. The van der Waals surface area contributed by atoms with Crippen LogP contribution in [0.25, 0.3) is 0 Å². The molecule has 0 aromatic carbocycles. The monoisotopic (exact) mass is 237 g/mol. The summed E-state index contributed by atoms with van der Waals surface area (Å²) in [4.78, 5) is 11.8. The van der Waals surface area contributed by atoms with E-state index >= 15 is 0 Å². The molecule has 0 saturated heterocycles. The van der Waals surface area contributed by atoms with Crippen molar-refractivity contribution in [3.63, 3.8) is 0 Å². The zero-order chi connectivity index (χ0) is 12.3. The standard InChI is InChI=1S/C11H19N5O/c1-16-10(9(12)7-13-16)15-11(17)14-8-5-3-2-4-6-8/h7-8H,2-6,12H2,1H3,(H2,14,15,17). The zero-order valence-corrected chi connectivity index (χ0v) is 10.1. The number of aromatic nitrogens is 2. The Morgan fingerprint density at radius 2 is 2.18 bits per heavy atom. The second-order valence-electron chi connectivity index (χ2n) is 4.51. The van der Waals surface area contributed by atoms with Crippen molar-refractivity contribution in [2.75, 3.05) is 11.1 Å². The Kier molecular flexibility index (Phi) is 3.51. The van der Waals surface area contributed by atoms with Crippen molar-refractivity contribution in [1.29, 1.82) is 0 Å². The number of hydrogen-bond donors (Lipinski definition) is 3. The van der Waals surface area contributed by atoms with Crippen LogP contribution < -0.4 is 16.4 Å². The number of anilines is 2. The van der Waals surface area contributed by atoms with E-state index < -0.39 is 0 Å². The van der Waals surface area contributed by atoms with E-state index in [2.05, 4.69) is 15.7 Å². The second-order valence-corrected chi connectivity index (χ2v) is 4.51. The van der Waals surface area contributed by atoms with E-state index in [0.29, 0.717) is 17.5 Å². The Balaban J connectivity index is 1.88. The van der Waals surface area contributed by atoms with Gasteiger partial charge in [-0.15, -0.1) is 0 Å². The predicted octanol–water partition coefficient (Wildman–Crippen LogP) is 1.46. The van der Waals surface area contributed by atoms with E-state index in [1.165, 1.54) is 25.5 Å². The molecule has 6 nitrogen and oxygen atoms in total. The van der Waals surface area contributed by atoms with Crippen molar-refractivity contribution >= 4 is 17.5 Å². The normalized spacial score (nSPS) is 16.8. The van der Waals surface area contributed by atoms with Gasteiger partial charge in [0.05, 0.1) is 11.9 Å². The number of urea groups is 1. The zero-order valence-electron chi connectivity index (χ0n) is 10.1. The first kappa shape index (κ1) is 11.8. The van der Waals surface area contributed by atoms with Crippen molar-refractivity contribution in [1.82, 2.24) is 15.1 Å². The van der Waals surface area contributed by atoms with Crippen molar-refractivity contribution in [2.45, 2.75) is 38.1 Å². The number of amides is 2. The van der Waals surface area contributed by atoms with Crippen LogP contribution in [0.1, 0.15) is 32.1 Å². The quantitative estimate of drug-likeness (QED) is 0.728. The summed E-state index contributed by atoms with van der Waals surface area (Å²) in [6.07, 6.45) is 7.31. The van der Waals surface area contributed by atoms with Crippen LogP contribution in [0.15, 0.2) is 6.20 Å². The molecule has 0 radical (unpaired) electrons. The Morgan fingerprint density at radius 1 is 1.47 bits per heavy atom. The van der Waals surface area contributed by atoms with Crippen molar-refractivity contribution in [3.8, 4) is 0 Å². The molecule has 1 aliphatic carbocycles. The van der Waals surface area contributed by atoms with Gasteiger partial charge in [-0.3, -0.25) is 10.00 Å². The molecule has 0 atom stereocenters. The molecule has 0 bridgehead atoms. The number of nitrogens with two attached hydrogens (primary N) is 1. The molecule has 4 N–H and O–H groups in total. The average molecular weight is 237 g/mol. The summed E-state index contributed by atoms with van der Waals surface area (Å²) in [6.45, 7) is 0. The highest BCUT2D eigenvalue weighted by molar-refractivity contribution is 5.91. The molecular weight excluding hydrogens is 218 g/mol. The number of nitrogens with zero attached hydrogens (tertiary/aromatic N) is 2. The summed E-state index contributed by atoms with van der Waals surface area (Å²) in [7, 11) is 1.74. The third-order valence-electron chi connectivity index (χ3n) is 3.14. The molecular formula is C11H19N5O. The molecule has 2 rings (SSSR count). The topological polar surface area (TPSA) is 85.0 Å². The summed E-state index contributed by atoms with van der Waals surface area (Å²) in [5.41, 5.74) is 6.18. The van der Waals surface area contributed by atoms with Gasteiger partial charge < -0.3 is 11.1 Å². The third kappa shape index (κ3) is 2.89. The molecule has 1 aromatic heterocycles. The lowest BCUT2D eigenvalue weighted by atomic mass is 9.96. The fraction of sp³-hybridized carbons (Fsp3) is 0.636. The Morgan fingerprint density at radius 3 is 2.76 bits per heavy atom. The average Bonchev–Trinajstić information content (AvgIpc) is 2.62. The fourth-order valence-electron chi connectivity index (χ4n) is 2.18. The van der Waals surface area contributed by atoms with E-state index in [4.69, 9.17) is 5.73 Å². The minimum absolute atomic E-state index is 0.202. The van der Waals surface area contributed by atoms with E-state index in [1.807, 2.05) is 0 Å². The van der Waals surface area contributed by atoms with Gasteiger partial charge in [-0.05, 0) is 12.8 Å². The number of carbonyl (C=O) groups is 1. The van der Waals surface area contributed by atoms with Crippen molar-refractivity contribution < 1.29 is 4.79 Å². The number of aryl methyl sites for hydroxylation is 1. The summed E-state index contributed by atoms with van der Waals surface area (Å²) >= 11 is 0. The molecule has 0 unspecified atom stereocenters. The molecule has 0 aliphatic heterocycles. The molecule has 0 spiro atoms. The van der Waals surface area contributed by atoms with Gasteiger partial charge in [0.25, 0.3) is 0 Å². The van der Waals surface area contributed by atoms with Gasteiger partial charge in [0.15, 0.2) is 5.82 Å². The van der Waals surface area contributed by atoms with Crippen molar-refractivity contribution in [2.24, 2.45) is 7.05 Å². The minimum atomic E-state index is -0.202. The minimum Gasteiger partial charge on any atom is -0.394 e. The molecule has 6 heteroatoms. The SMILES string of the molecule is Cn1ncc(N)c1NC(=O)NC1CCCCC1. The van der Waals surface area contributed by atoms with Crippen LogP contribution in [-0.4, -0.2) is 21.9 Å². The molecule has 1 saturated carbocycles. The summed E-state index contributed by atoms with van der Waals surface area (Å²) in [5.74, 6) is 0.540. The molecule has 17 heavy (non-hydrogen) atoms. The maximum absolute atomic E-state index is 11.8. The number of hydrogen-bond acceptors (Lipinski definition) is 3. The van der Waals surface area contributed by atoms with Crippen molar-refractivity contribution in [3.05, 3.63) is 6.20 Å². The number of nitrogen functional groups attached to an aromatic ring is 1. The van der Waals surface area contributed by atoms with Gasteiger partial charge in [0, 0.05) is 13.1 Å². The summed E-state index contributed by atoms with van der Waals surface area (Å²) in [6, 6.07) is 0.0883. The number of carbonyl (C=O) groups excluding carboxylic acids is 1. The fourth-order valence-corrected chi connectivity index (χ4v) is 2.18. The first-order valence-corrected chi connectivity index (χ1v) is 6.02. The molecule has 1 aliphatic rings. The maximum Gasteiger partial charge on any atom is 0.320 e. The smallest absolute Gasteiger partial charge is 0.320 e. The van der Waals surface area contributed by atoms with Crippen LogP contribution in [0.2, 0.25) is 0 Å². The van der Waals surface area contributed by atoms with E-state index in [9.17, 15) is 4.79 Å². The Bertz CT molecular complexity index is 375.